The van der Waals surface area contributed by atoms with Gasteiger partial charge >= 0.3 is 29.8 Å². The van der Waals surface area contributed by atoms with E-state index in [4.69, 9.17) is 10.2 Å². The Labute approximate surface area is 309 Å². The zero-order valence-corrected chi connectivity index (χ0v) is 29.3. The number of aliphatic carboxylic acids is 4. The molecule has 0 spiro atoms. The number of aliphatic hydroxyl groups is 2. The third-order valence-corrected chi connectivity index (χ3v) is 8.87. The number of hydrogen-bond donors (Lipinski definition) is 9. The minimum absolute atomic E-state index is 0.0225. The molecule has 1 fully saturated rings. The second-order valence-corrected chi connectivity index (χ2v) is 12.9. The van der Waals surface area contributed by atoms with E-state index in [1.165, 1.54) is 15.5 Å². The van der Waals surface area contributed by atoms with Crippen molar-refractivity contribution in [2.45, 2.75) is 69.2 Å². The van der Waals surface area contributed by atoms with Gasteiger partial charge in [-0.15, -0.1) is 0 Å². The number of rotatable bonds is 19. The van der Waals surface area contributed by atoms with E-state index in [2.05, 4.69) is 10.6 Å². The second kappa shape index (κ2) is 17.8. The molecule has 3 amide bonds. The molecule has 0 bridgehead atoms. The van der Waals surface area contributed by atoms with Gasteiger partial charge in [-0.3, -0.25) is 28.8 Å². The zero-order chi connectivity index (χ0) is 41.4. The Kier molecular flexibility index (Phi) is 14.0. The lowest BCUT2D eigenvalue weighted by molar-refractivity contribution is -0.167. The normalized spacial score (nSPS) is 15.6. The number of pyridine rings is 1. The number of amides is 3. The summed E-state index contributed by atoms with van der Waals surface area (Å²) in [7, 11) is 0. The van der Waals surface area contributed by atoms with Crippen LogP contribution in [0.5, 0.6) is 0 Å². The van der Waals surface area contributed by atoms with Crippen LogP contribution in [0.15, 0.2) is 23.1 Å². The van der Waals surface area contributed by atoms with Gasteiger partial charge in [0.2, 0.25) is 23.2 Å². The summed E-state index contributed by atoms with van der Waals surface area (Å²) in [6.07, 6.45) is -4.26. The van der Waals surface area contributed by atoms with Crippen molar-refractivity contribution in [2.24, 2.45) is 0 Å². The number of aromatic carboxylic acids is 1. The Hall–Kier alpha value is -6.16. The SMILES string of the molecule is CCn1cc(C(=O)O)c(=O)c2cc(F)c(N3CCN(C(=O)[C@H](CCCNC(=O)CC(O)(CC(=O)O)C(=O)O)NC(=O)CC(O)(CC(=O)O)C(=O)O)CC3)cc21. The number of carboxylic acids is 5. The first-order valence-electron chi connectivity index (χ1n) is 16.7. The van der Waals surface area contributed by atoms with Gasteiger partial charge in [0, 0.05) is 50.9 Å². The van der Waals surface area contributed by atoms with Crippen molar-refractivity contribution in [3.05, 3.63) is 39.9 Å². The number of nitrogens with zero attached hydrogens (tertiary/aromatic N) is 3. The predicted octanol–water partition coefficient (Wildman–Crippen LogP) is -1.75. The summed E-state index contributed by atoms with van der Waals surface area (Å²) >= 11 is 0. The highest BCUT2D eigenvalue weighted by Crippen LogP contribution is 2.27. The first-order valence-corrected chi connectivity index (χ1v) is 16.7. The highest BCUT2D eigenvalue weighted by molar-refractivity contribution is 5.95. The lowest BCUT2D eigenvalue weighted by Gasteiger charge is -2.38. The van der Waals surface area contributed by atoms with E-state index in [9.17, 15) is 68.7 Å². The summed E-state index contributed by atoms with van der Waals surface area (Å²) in [6.45, 7) is 1.58. The summed E-state index contributed by atoms with van der Waals surface area (Å²) in [4.78, 5) is 111. The van der Waals surface area contributed by atoms with Crippen LogP contribution in [0, 0.1) is 5.82 Å². The van der Waals surface area contributed by atoms with Crippen LogP contribution in [-0.4, -0.2) is 143 Å². The topological polar surface area (TPSA) is 331 Å². The molecule has 3 atom stereocenters. The number of aromatic nitrogens is 1. The van der Waals surface area contributed by atoms with Crippen molar-refractivity contribution in [1.29, 1.82) is 0 Å². The molecule has 55 heavy (non-hydrogen) atoms. The van der Waals surface area contributed by atoms with Crippen LogP contribution in [0.3, 0.4) is 0 Å². The van der Waals surface area contributed by atoms with Crippen molar-refractivity contribution < 1.29 is 78.5 Å². The van der Waals surface area contributed by atoms with Gasteiger partial charge in [0.05, 0.1) is 36.9 Å². The van der Waals surface area contributed by atoms with Crippen molar-refractivity contribution in [3.63, 3.8) is 0 Å². The molecule has 2 heterocycles. The summed E-state index contributed by atoms with van der Waals surface area (Å²) in [6, 6.07) is 0.863. The number of carboxylic acid groups (broad SMARTS) is 5. The van der Waals surface area contributed by atoms with Crippen LogP contribution >= 0.6 is 0 Å². The maximum Gasteiger partial charge on any atom is 0.341 e. The fourth-order valence-electron chi connectivity index (χ4n) is 6.00. The van der Waals surface area contributed by atoms with Crippen LogP contribution in [-0.2, 0) is 40.1 Å². The van der Waals surface area contributed by atoms with Gasteiger partial charge in [-0.25, -0.2) is 18.8 Å². The number of carbonyl (C=O) groups excluding carboxylic acids is 3. The Morgan fingerprint density at radius 3 is 1.85 bits per heavy atom. The number of hydrogen-bond acceptors (Lipinski definition) is 12. The van der Waals surface area contributed by atoms with Gasteiger partial charge in [-0.05, 0) is 31.9 Å². The third-order valence-electron chi connectivity index (χ3n) is 8.87. The molecule has 1 aromatic carbocycles. The third kappa shape index (κ3) is 10.7. The molecule has 1 aromatic heterocycles. The monoisotopic (exact) mass is 781 g/mol. The van der Waals surface area contributed by atoms with E-state index in [0.29, 0.717) is 0 Å². The minimum Gasteiger partial charge on any atom is -0.481 e. The van der Waals surface area contributed by atoms with Crippen molar-refractivity contribution in [3.8, 4) is 0 Å². The summed E-state index contributed by atoms with van der Waals surface area (Å²) < 4.78 is 16.9. The van der Waals surface area contributed by atoms with Crippen molar-refractivity contribution >= 4 is 64.2 Å². The number of anilines is 1. The van der Waals surface area contributed by atoms with Gasteiger partial charge in [0.1, 0.15) is 17.4 Å². The fraction of sp³-hybridized carbons (Fsp3) is 0.485. The fourth-order valence-corrected chi connectivity index (χ4v) is 6.00. The van der Waals surface area contributed by atoms with E-state index in [1.807, 2.05) is 0 Å². The molecule has 300 valence electrons. The average Bonchev–Trinajstić information content (AvgIpc) is 3.08. The van der Waals surface area contributed by atoms with Crippen LogP contribution < -0.4 is 21.0 Å². The molecule has 22 heteroatoms. The number of fused-ring (bicyclic) bond motifs is 1. The molecule has 0 radical (unpaired) electrons. The Morgan fingerprint density at radius 2 is 1.36 bits per heavy atom. The molecule has 0 aliphatic carbocycles. The number of benzene rings is 1. The minimum atomic E-state index is -3.04. The van der Waals surface area contributed by atoms with E-state index in [1.54, 1.807) is 11.8 Å². The van der Waals surface area contributed by atoms with E-state index in [0.717, 1.165) is 12.3 Å². The lowest BCUT2D eigenvalue weighted by Crippen LogP contribution is -2.56. The van der Waals surface area contributed by atoms with Gasteiger partial charge in [-0.2, -0.15) is 0 Å². The van der Waals surface area contributed by atoms with Gasteiger partial charge in [-0.1, -0.05) is 0 Å². The summed E-state index contributed by atoms with van der Waals surface area (Å²) in [5.74, 6) is -12.7. The molecular weight excluding hydrogens is 741 g/mol. The molecule has 21 nitrogen and oxygen atoms in total. The van der Waals surface area contributed by atoms with Crippen molar-refractivity contribution in [1.82, 2.24) is 20.1 Å². The maximum absolute atomic E-state index is 15.4. The first kappa shape index (κ1) is 43.2. The molecular formula is C33H40FN5O16. The quantitative estimate of drug-likeness (QED) is 0.0714. The Bertz CT molecular complexity index is 1940. The summed E-state index contributed by atoms with van der Waals surface area (Å²) in [5.41, 5.74) is -7.05. The molecule has 1 aliphatic rings. The smallest absolute Gasteiger partial charge is 0.341 e. The largest absolute Gasteiger partial charge is 0.481 e. The van der Waals surface area contributed by atoms with Gasteiger partial charge in [0.25, 0.3) is 0 Å². The maximum atomic E-state index is 15.4. The van der Waals surface area contributed by atoms with E-state index >= 15 is 4.39 Å². The van der Waals surface area contributed by atoms with Gasteiger partial charge in [0.15, 0.2) is 11.2 Å². The highest BCUT2D eigenvalue weighted by Gasteiger charge is 2.42. The molecule has 1 aliphatic heterocycles. The predicted molar refractivity (Wildman–Crippen MR) is 183 cm³/mol. The summed E-state index contributed by atoms with van der Waals surface area (Å²) in [5, 5.41) is 70.7. The highest BCUT2D eigenvalue weighted by atomic mass is 19.1. The standard InChI is InChI=1S/C33H40FN5O16/c1-2-37-16-18(29(48)49)27(46)17-10-19(34)22(11-21(17)37)38-6-8-39(9-7-38)28(47)20(36-24(41)13-33(55,31(52)53)15-26(44)45)4-3-5-35-23(40)12-32(54,30(50)51)14-25(42)43/h10-11,16,20,54-55H,2-9,12-15H2,1H3,(H,35,40)(H,36,41)(H,42,43)(H,44,45)(H,48,49)(H,50,51)(H,52,53)/t20-,32?,33?/m0/s1. The number of aryl methyl sites for hydroxylation is 1. The average molecular weight is 782 g/mol. The first-order chi connectivity index (χ1) is 25.6. The Balaban J connectivity index is 1.78. The molecule has 2 aromatic rings. The number of piperazine rings is 1. The lowest BCUT2D eigenvalue weighted by atomic mass is 9.95. The zero-order valence-electron chi connectivity index (χ0n) is 29.3. The number of nitrogens with one attached hydrogen (secondary N) is 2. The molecule has 0 saturated carbocycles. The van der Waals surface area contributed by atoms with E-state index < -0.39 is 107 Å². The number of carbonyl (C=O) groups is 8. The number of halogens is 1. The Morgan fingerprint density at radius 1 is 0.818 bits per heavy atom. The van der Waals surface area contributed by atoms with Crippen LogP contribution in [0.25, 0.3) is 10.9 Å². The van der Waals surface area contributed by atoms with Crippen LogP contribution in [0.2, 0.25) is 0 Å². The molecule has 9 N–H and O–H groups in total. The van der Waals surface area contributed by atoms with Gasteiger partial charge < -0.3 is 60.7 Å². The van der Waals surface area contributed by atoms with Crippen LogP contribution in [0.1, 0.15) is 55.8 Å². The molecule has 3 rings (SSSR count). The van der Waals surface area contributed by atoms with E-state index in [-0.39, 0.29) is 68.7 Å². The molecule has 2 unspecified atom stereocenters. The molecule has 1 saturated heterocycles. The van der Waals surface area contributed by atoms with Crippen molar-refractivity contribution in [2.75, 3.05) is 37.6 Å². The second-order valence-electron chi connectivity index (χ2n) is 12.9. The van der Waals surface area contributed by atoms with Crippen LogP contribution in [0.4, 0.5) is 10.1 Å².